The van der Waals surface area contributed by atoms with Crippen LogP contribution in [-0.4, -0.2) is 25.0 Å². The number of rotatable bonds is 2. The summed E-state index contributed by atoms with van der Waals surface area (Å²) < 4.78 is 1.67. The Labute approximate surface area is 103 Å². The number of nitrogens with two attached hydrogens (primary N) is 1. The highest BCUT2D eigenvalue weighted by Gasteiger charge is 2.09. The summed E-state index contributed by atoms with van der Waals surface area (Å²) >= 11 is 0. The Morgan fingerprint density at radius 1 is 1.22 bits per heavy atom. The number of hydrogen-bond acceptors (Lipinski definition) is 5. The first-order chi connectivity index (χ1) is 8.78. The van der Waals surface area contributed by atoms with Crippen LogP contribution in [0.15, 0.2) is 30.3 Å². The fourth-order valence-corrected chi connectivity index (χ4v) is 1.81. The van der Waals surface area contributed by atoms with Gasteiger partial charge in [0, 0.05) is 12.5 Å². The molecule has 0 saturated heterocycles. The van der Waals surface area contributed by atoms with Crippen molar-refractivity contribution in [1.29, 1.82) is 0 Å². The van der Waals surface area contributed by atoms with E-state index in [2.05, 4.69) is 20.3 Å². The molecular formula is C12H12N6. The minimum absolute atomic E-state index is 0.441. The van der Waals surface area contributed by atoms with Crippen LogP contribution in [-0.2, 0) is 6.42 Å². The normalized spacial score (nSPS) is 10.9. The number of aromatic nitrogens is 5. The Bertz CT molecular complexity index is 703. The maximum absolute atomic E-state index is 5.77. The van der Waals surface area contributed by atoms with E-state index in [4.69, 9.17) is 5.73 Å². The van der Waals surface area contributed by atoms with E-state index in [9.17, 15) is 0 Å². The Morgan fingerprint density at radius 3 is 2.89 bits per heavy atom. The van der Waals surface area contributed by atoms with E-state index in [1.54, 1.807) is 10.7 Å². The molecule has 0 spiro atoms. The van der Waals surface area contributed by atoms with Crippen molar-refractivity contribution in [2.75, 3.05) is 5.73 Å². The van der Waals surface area contributed by atoms with E-state index >= 15 is 0 Å². The Hall–Kier alpha value is -2.50. The van der Waals surface area contributed by atoms with Crippen molar-refractivity contribution in [2.24, 2.45) is 0 Å². The van der Waals surface area contributed by atoms with Gasteiger partial charge in [-0.2, -0.15) is 4.68 Å². The SMILES string of the molecule is CCc1nc(N)cc(-n2nnc3ccccc32)n1. The number of aryl methyl sites for hydroxylation is 1. The summed E-state index contributed by atoms with van der Waals surface area (Å²) in [6, 6.07) is 9.41. The summed E-state index contributed by atoms with van der Waals surface area (Å²) in [6.07, 6.45) is 0.727. The average Bonchev–Trinajstić information content (AvgIpc) is 2.81. The third-order valence-corrected chi connectivity index (χ3v) is 2.66. The zero-order chi connectivity index (χ0) is 12.5. The molecule has 90 valence electrons. The molecule has 6 nitrogen and oxygen atoms in total. The van der Waals surface area contributed by atoms with Gasteiger partial charge in [0.1, 0.15) is 17.2 Å². The van der Waals surface area contributed by atoms with Gasteiger partial charge >= 0.3 is 0 Å². The number of para-hydroxylation sites is 1. The van der Waals surface area contributed by atoms with Crippen LogP contribution in [0.2, 0.25) is 0 Å². The molecule has 3 aromatic rings. The largest absolute Gasteiger partial charge is 0.384 e. The highest BCUT2D eigenvalue weighted by molar-refractivity contribution is 5.75. The number of anilines is 1. The molecule has 0 aliphatic heterocycles. The first kappa shape index (κ1) is 10.6. The van der Waals surface area contributed by atoms with E-state index in [-0.39, 0.29) is 0 Å². The summed E-state index contributed by atoms with van der Waals surface area (Å²) in [6.45, 7) is 1.98. The molecule has 1 aromatic carbocycles. The highest BCUT2D eigenvalue weighted by atomic mass is 15.4. The van der Waals surface area contributed by atoms with Gasteiger partial charge in [-0.15, -0.1) is 5.10 Å². The summed E-state index contributed by atoms with van der Waals surface area (Å²) in [5.74, 6) is 1.79. The van der Waals surface area contributed by atoms with E-state index in [0.29, 0.717) is 17.5 Å². The molecule has 0 atom stereocenters. The van der Waals surface area contributed by atoms with Crippen molar-refractivity contribution in [3.8, 4) is 5.82 Å². The molecule has 0 bridgehead atoms. The second kappa shape index (κ2) is 4.06. The van der Waals surface area contributed by atoms with Crippen molar-refractivity contribution >= 4 is 16.9 Å². The molecule has 18 heavy (non-hydrogen) atoms. The van der Waals surface area contributed by atoms with Gasteiger partial charge < -0.3 is 5.73 Å². The summed E-state index contributed by atoms with van der Waals surface area (Å²) in [5.41, 5.74) is 7.50. The summed E-state index contributed by atoms with van der Waals surface area (Å²) in [4.78, 5) is 8.56. The molecule has 2 aromatic heterocycles. The van der Waals surface area contributed by atoms with E-state index in [0.717, 1.165) is 17.5 Å². The predicted octanol–water partition coefficient (Wildman–Crippen LogP) is 1.36. The summed E-state index contributed by atoms with van der Waals surface area (Å²) in [7, 11) is 0. The Morgan fingerprint density at radius 2 is 2.06 bits per heavy atom. The molecule has 2 heterocycles. The first-order valence-electron chi connectivity index (χ1n) is 5.72. The van der Waals surface area contributed by atoms with E-state index in [1.807, 2.05) is 31.2 Å². The molecule has 0 aliphatic rings. The standard InChI is InChI=1S/C12H12N6/c1-2-11-14-10(13)7-12(15-11)18-9-6-4-3-5-8(9)16-17-18/h3-7H,2H2,1H3,(H2,13,14,15). The second-order valence-electron chi connectivity index (χ2n) is 3.91. The maximum atomic E-state index is 5.77. The number of hydrogen-bond donors (Lipinski definition) is 1. The van der Waals surface area contributed by atoms with Crippen LogP contribution in [0.1, 0.15) is 12.7 Å². The van der Waals surface area contributed by atoms with Gasteiger partial charge in [0.05, 0.1) is 5.52 Å². The third-order valence-electron chi connectivity index (χ3n) is 2.66. The van der Waals surface area contributed by atoms with Gasteiger partial charge in [-0.25, -0.2) is 9.97 Å². The van der Waals surface area contributed by atoms with Crippen LogP contribution in [0, 0.1) is 0 Å². The number of benzene rings is 1. The quantitative estimate of drug-likeness (QED) is 0.731. The molecule has 0 fully saturated rings. The highest BCUT2D eigenvalue weighted by Crippen LogP contribution is 2.15. The van der Waals surface area contributed by atoms with Crippen LogP contribution in [0.4, 0.5) is 5.82 Å². The molecule has 0 aliphatic carbocycles. The third kappa shape index (κ3) is 1.67. The van der Waals surface area contributed by atoms with Gasteiger partial charge in [-0.1, -0.05) is 24.3 Å². The molecular weight excluding hydrogens is 228 g/mol. The van der Waals surface area contributed by atoms with Crippen LogP contribution < -0.4 is 5.73 Å². The van der Waals surface area contributed by atoms with Gasteiger partial charge in [-0.3, -0.25) is 0 Å². The van der Waals surface area contributed by atoms with Gasteiger partial charge in [0.2, 0.25) is 0 Å². The lowest BCUT2D eigenvalue weighted by Gasteiger charge is -2.04. The van der Waals surface area contributed by atoms with Crippen LogP contribution >= 0.6 is 0 Å². The second-order valence-corrected chi connectivity index (χ2v) is 3.91. The van der Waals surface area contributed by atoms with Crippen molar-refractivity contribution in [3.63, 3.8) is 0 Å². The van der Waals surface area contributed by atoms with Gasteiger partial charge in [0.15, 0.2) is 5.82 Å². The lowest BCUT2D eigenvalue weighted by molar-refractivity contribution is 0.783. The van der Waals surface area contributed by atoms with Crippen molar-refractivity contribution in [3.05, 3.63) is 36.2 Å². The molecule has 0 unspecified atom stereocenters. The van der Waals surface area contributed by atoms with Gasteiger partial charge in [-0.05, 0) is 12.1 Å². The summed E-state index contributed by atoms with van der Waals surface area (Å²) in [5, 5.41) is 8.19. The smallest absolute Gasteiger partial charge is 0.161 e. The predicted molar refractivity (Wildman–Crippen MR) is 68.2 cm³/mol. The van der Waals surface area contributed by atoms with E-state index in [1.165, 1.54) is 0 Å². The maximum Gasteiger partial charge on any atom is 0.161 e. The molecule has 0 radical (unpaired) electrons. The number of nitrogens with zero attached hydrogens (tertiary/aromatic N) is 5. The van der Waals surface area contributed by atoms with Crippen molar-refractivity contribution in [2.45, 2.75) is 13.3 Å². The number of nitrogen functional groups attached to an aromatic ring is 1. The topological polar surface area (TPSA) is 82.5 Å². The fourth-order valence-electron chi connectivity index (χ4n) is 1.81. The molecule has 0 amide bonds. The lowest BCUT2D eigenvalue weighted by atomic mass is 10.3. The monoisotopic (exact) mass is 240 g/mol. The fraction of sp³-hybridized carbons (Fsp3) is 0.167. The lowest BCUT2D eigenvalue weighted by Crippen LogP contribution is -2.06. The molecule has 0 saturated carbocycles. The van der Waals surface area contributed by atoms with Crippen molar-refractivity contribution in [1.82, 2.24) is 25.0 Å². The Kier molecular flexibility index (Phi) is 2.40. The Balaban J connectivity index is 2.22. The minimum atomic E-state index is 0.441. The van der Waals surface area contributed by atoms with Crippen LogP contribution in [0.25, 0.3) is 16.9 Å². The first-order valence-corrected chi connectivity index (χ1v) is 5.72. The van der Waals surface area contributed by atoms with Crippen LogP contribution in [0.5, 0.6) is 0 Å². The molecule has 2 N–H and O–H groups in total. The zero-order valence-electron chi connectivity index (χ0n) is 9.91. The molecule has 3 rings (SSSR count). The number of fused-ring (bicyclic) bond motifs is 1. The molecule has 6 heteroatoms. The zero-order valence-corrected chi connectivity index (χ0v) is 9.91. The minimum Gasteiger partial charge on any atom is -0.384 e. The van der Waals surface area contributed by atoms with Crippen molar-refractivity contribution < 1.29 is 0 Å². The average molecular weight is 240 g/mol. The van der Waals surface area contributed by atoms with E-state index < -0.39 is 0 Å². The van der Waals surface area contributed by atoms with Gasteiger partial charge in [0.25, 0.3) is 0 Å². The van der Waals surface area contributed by atoms with Crippen LogP contribution in [0.3, 0.4) is 0 Å².